The van der Waals surface area contributed by atoms with Crippen molar-refractivity contribution in [3.8, 4) is 0 Å². The third-order valence-electron chi connectivity index (χ3n) is 3.70. The van der Waals surface area contributed by atoms with E-state index in [1.165, 1.54) is 22.5 Å². The Balaban J connectivity index is 0.00000338. The van der Waals surface area contributed by atoms with Gasteiger partial charge < -0.3 is 10.6 Å². The average Bonchev–Trinajstić information content (AvgIpc) is 3.13. The van der Waals surface area contributed by atoms with Gasteiger partial charge in [-0.3, -0.25) is 4.99 Å². The van der Waals surface area contributed by atoms with Crippen LogP contribution in [0.4, 0.5) is 0 Å². The second kappa shape index (κ2) is 10.9. The summed E-state index contributed by atoms with van der Waals surface area (Å²) in [5, 5.41) is 8.18. The Morgan fingerprint density at radius 1 is 1.19 bits per heavy atom. The molecule has 1 unspecified atom stereocenters. The summed E-state index contributed by atoms with van der Waals surface area (Å²) < 4.78 is 27.0. The average molecular weight is 508 g/mol. The highest BCUT2D eigenvalue weighted by atomic mass is 127. The number of hydrogen-bond acceptors (Lipinski definition) is 4. The molecule has 9 heteroatoms. The molecule has 1 aromatic carbocycles. The molecule has 0 saturated heterocycles. The fourth-order valence-electron chi connectivity index (χ4n) is 2.40. The summed E-state index contributed by atoms with van der Waals surface area (Å²) in [5.41, 5.74) is 2.41. The van der Waals surface area contributed by atoms with Gasteiger partial charge in [-0.25, -0.2) is 13.1 Å². The normalized spacial score (nSPS) is 13.0. The molecule has 0 spiro atoms. The van der Waals surface area contributed by atoms with E-state index < -0.39 is 10.0 Å². The van der Waals surface area contributed by atoms with Gasteiger partial charge in [-0.05, 0) is 36.4 Å². The molecule has 2 rings (SSSR count). The number of hydrogen-bond donors (Lipinski definition) is 3. The number of thiophene rings is 1. The summed E-state index contributed by atoms with van der Waals surface area (Å²) in [4.78, 5) is 4.19. The van der Waals surface area contributed by atoms with Gasteiger partial charge in [0.05, 0.1) is 6.04 Å². The fourth-order valence-corrected chi connectivity index (χ4v) is 4.47. The molecule has 2 aromatic rings. The molecule has 0 aliphatic rings. The highest BCUT2D eigenvalue weighted by molar-refractivity contribution is 14.0. The van der Waals surface area contributed by atoms with E-state index in [9.17, 15) is 8.42 Å². The van der Waals surface area contributed by atoms with Crippen LogP contribution in [0.3, 0.4) is 0 Å². The van der Waals surface area contributed by atoms with Crippen LogP contribution in [0, 0.1) is 6.92 Å². The van der Waals surface area contributed by atoms with Gasteiger partial charge in [0.15, 0.2) is 5.96 Å². The molecule has 1 aromatic heterocycles. The third-order valence-corrected chi connectivity index (χ3v) is 6.56. The van der Waals surface area contributed by atoms with Crippen LogP contribution in [-0.4, -0.2) is 34.5 Å². The number of benzene rings is 1. The maximum absolute atomic E-state index is 12.0. The lowest BCUT2D eigenvalue weighted by Gasteiger charge is -2.20. The van der Waals surface area contributed by atoms with Crippen molar-refractivity contribution in [1.82, 2.24) is 15.4 Å². The van der Waals surface area contributed by atoms with Crippen molar-refractivity contribution in [3.63, 3.8) is 0 Å². The van der Waals surface area contributed by atoms with Crippen LogP contribution in [0.25, 0.3) is 0 Å². The maximum atomic E-state index is 12.0. The Morgan fingerprint density at radius 3 is 2.54 bits per heavy atom. The van der Waals surface area contributed by atoms with E-state index in [2.05, 4.69) is 46.3 Å². The number of nitrogens with one attached hydrogen (secondary N) is 3. The van der Waals surface area contributed by atoms with Crippen LogP contribution in [0.5, 0.6) is 0 Å². The first-order valence-corrected chi connectivity index (χ1v) is 10.4. The quantitative estimate of drug-likeness (QED) is 0.233. The molecule has 1 atom stereocenters. The summed E-state index contributed by atoms with van der Waals surface area (Å²) in [7, 11) is -1.73. The zero-order valence-corrected chi connectivity index (χ0v) is 19.0. The summed E-state index contributed by atoms with van der Waals surface area (Å²) in [6.07, 6.45) is 0. The predicted octanol–water partition coefficient (Wildman–Crippen LogP) is 2.88. The van der Waals surface area contributed by atoms with Crippen LogP contribution in [0.1, 0.15) is 24.1 Å². The lowest BCUT2D eigenvalue weighted by atomic mass is 10.0. The molecule has 0 fully saturated rings. The van der Waals surface area contributed by atoms with E-state index in [1.807, 2.05) is 12.1 Å². The first-order chi connectivity index (χ1) is 11.9. The lowest BCUT2D eigenvalue weighted by Crippen LogP contribution is -2.42. The molecular weight excluding hydrogens is 483 g/mol. The summed E-state index contributed by atoms with van der Waals surface area (Å²) >= 11 is 1.20. The van der Waals surface area contributed by atoms with E-state index in [1.54, 1.807) is 24.6 Å². The monoisotopic (exact) mass is 508 g/mol. The number of aliphatic imine (C=N–C) groups is 1. The summed E-state index contributed by atoms with van der Waals surface area (Å²) in [6, 6.07) is 11.6. The van der Waals surface area contributed by atoms with Gasteiger partial charge >= 0.3 is 0 Å². The van der Waals surface area contributed by atoms with E-state index in [4.69, 9.17) is 0 Å². The van der Waals surface area contributed by atoms with Gasteiger partial charge in [0, 0.05) is 20.1 Å². The zero-order chi connectivity index (χ0) is 18.3. The SMILES string of the molecule is CN=C(NCCNS(=O)(=O)c1cccs1)NC(C)c1ccccc1C.I. The van der Waals surface area contributed by atoms with Crippen LogP contribution in [0.2, 0.25) is 0 Å². The minimum absolute atomic E-state index is 0. The second-order valence-electron chi connectivity index (χ2n) is 5.55. The Labute approximate surface area is 176 Å². The molecule has 26 heavy (non-hydrogen) atoms. The zero-order valence-electron chi connectivity index (χ0n) is 15.0. The molecule has 1 heterocycles. The topological polar surface area (TPSA) is 82.6 Å². The molecule has 144 valence electrons. The summed E-state index contributed by atoms with van der Waals surface area (Å²) in [6.45, 7) is 4.85. The maximum Gasteiger partial charge on any atom is 0.250 e. The molecule has 0 radical (unpaired) electrons. The van der Waals surface area contributed by atoms with Gasteiger partial charge in [0.2, 0.25) is 10.0 Å². The van der Waals surface area contributed by atoms with Crippen LogP contribution >= 0.6 is 35.3 Å². The predicted molar refractivity (Wildman–Crippen MR) is 119 cm³/mol. The van der Waals surface area contributed by atoms with Crippen molar-refractivity contribution < 1.29 is 8.42 Å². The van der Waals surface area contributed by atoms with Crippen molar-refractivity contribution in [1.29, 1.82) is 0 Å². The largest absolute Gasteiger partial charge is 0.355 e. The van der Waals surface area contributed by atoms with Crippen LogP contribution in [0.15, 0.2) is 51.0 Å². The van der Waals surface area contributed by atoms with Gasteiger partial charge in [-0.2, -0.15) is 0 Å². The van der Waals surface area contributed by atoms with Gasteiger partial charge in [0.1, 0.15) is 4.21 Å². The van der Waals surface area contributed by atoms with E-state index in [0.717, 1.165) is 0 Å². The number of guanidine groups is 1. The molecular formula is C17H25IN4O2S2. The van der Waals surface area contributed by atoms with Gasteiger partial charge in [-0.15, -0.1) is 35.3 Å². The molecule has 0 aliphatic carbocycles. The Morgan fingerprint density at radius 2 is 1.92 bits per heavy atom. The van der Waals surface area contributed by atoms with Gasteiger partial charge in [-0.1, -0.05) is 30.3 Å². The Hall–Kier alpha value is -1.17. The smallest absolute Gasteiger partial charge is 0.250 e. The standard InChI is InChI=1S/C17H24N4O2S2.HI/c1-13-7-4-5-8-15(13)14(2)21-17(18-3)19-10-11-20-25(22,23)16-9-6-12-24-16;/h4-9,12,14,20H,10-11H2,1-3H3,(H2,18,19,21);1H. The fraction of sp³-hybridized carbons (Fsp3) is 0.353. The third kappa shape index (κ3) is 6.53. The first-order valence-electron chi connectivity index (χ1n) is 8.00. The highest BCUT2D eigenvalue weighted by Crippen LogP contribution is 2.16. The van der Waals surface area contributed by atoms with Gasteiger partial charge in [0.25, 0.3) is 0 Å². The first kappa shape index (κ1) is 22.9. The van der Waals surface area contributed by atoms with Crippen LogP contribution in [-0.2, 0) is 10.0 Å². The molecule has 6 nitrogen and oxygen atoms in total. The molecule has 0 aliphatic heterocycles. The van der Waals surface area contributed by atoms with E-state index in [0.29, 0.717) is 16.7 Å². The number of sulfonamides is 1. The van der Waals surface area contributed by atoms with Crippen molar-refractivity contribution >= 4 is 51.3 Å². The molecule has 0 amide bonds. The minimum Gasteiger partial charge on any atom is -0.355 e. The second-order valence-corrected chi connectivity index (χ2v) is 8.49. The lowest BCUT2D eigenvalue weighted by molar-refractivity contribution is 0.582. The summed E-state index contributed by atoms with van der Waals surface area (Å²) in [5.74, 6) is 0.631. The van der Waals surface area contributed by atoms with Crippen molar-refractivity contribution in [2.24, 2.45) is 4.99 Å². The molecule has 0 saturated carbocycles. The number of halogens is 1. The van der Waals surface area contributed by atoms with E-state index >= 15 is 0 Å². The number of aryl methyl sites for hydroxylation is 1. The van der Waals surface area contributed by atoms with Crippen molar-refractivity contribution in [2.45, 2.75) is 24.1 Å². The Bertz CT molecular complexity index is 808. The van der Waals surface area contributed by atoms with Crippen molar-refractivity contribution in [2.75, 3.05) is 20.1 Å². The molecule has 3 N–H and O–H groups in total. The minimum atomic E-state index is -3.43. The Kier molecular flexibility index (Phi) is 9.55. The van der Waals surface area contributed by atoms with Crippen LogP contribution < -0.4 is 15.4 Å². The molecule has 0 bridgehead atoms. The number of nitrogens with zero attached hydrogens (tertiary/aromatic N) is 1. The van der Waals surface area contributed by atoms with E-state index in [-0.39, 0.29) is 36.6 Å². The van der Waals surface area contributed by atoms with Crippen molar-refractivity contribution in [3.05, 3.63) is 52.9 Å². The number of rotatable bonds is 7. The highest BCUT2D eigenvalue weighted by Gasteiger charge is 2.14.